The quantitative estimate of drug-likeness (QED) is 0.249. The summed E-state index contributed by atoms with van der Waals surface area (Å²) in [5, 5.41) is 26.7. The molecule has 0 aliphatic heterocycles. The van der Waals surface area contributed by atoms with Crippen LogP contribution in [-0.4, -0.2) is 34.8 Å². The summed E-state index contributed by atoms with van der Waals surface area (Å²) >= 11 is 6.34. The highest BCUT2D eigenvalue weighted by Crippen LogP contribution is 2.43. The molecule has 4 N–H and O–H groups in total. The zero-order valence-corrected chi connectivity index (χ0v) is 20.7. The molecule has 2 amide bonds. The Bertz CT molecular complexity index is 1120. The van der Waals surface area contributed by atoms with Gasteiger partial charge in [0.2, 0.25) is 5.91 Å². The lowest BCUT2D eigenvalue weighted by atomic mass is 9.90. The highest BCUT2D eigenvalue weighted by Gasteiger charge is 2.23. The molecule has 0 fully saturated rings. The fourth-order valence-corrected chi connectivity index (χ4v) is 4.31. The molecule has 9 heteroatoms. The van der Waals surface area contributed by atoms with Gasteiger partial charge in [-0.05, 0) is 55.5 Å². The van der Waals surface area contributed by atoms with E-state index >= 15 is 0 Å². The number of carbonyl (C=O) groups excluding carboxylic acids is 2. The topological polar surface area (TPSA) is 111 Å². The lowest BCUT2D eigenvalue weighted by molar-refractivity contribution is -0.126. The molecule has 3 rings (SSSR count). The predicted molar refractivity (Wildman–Crippen MR) is 133 cm³/mol. The first-order valence-electron chi connectivity index (χ1n) is 9.90. The maximum atomic E-state index is 12.9. The zero-order chi connectivity index (χ0) is 24.0. The number of benzene rings is 3. The Hall–Kier alpha value is -3.17. The summed E-state index contributed by atoms with van der Waals surface area (Å²) in [5.74, 6) is -1.76. The molecule has 0 heterocycles. The van der Waals surface area contributed by atoms with Gasteiger partial charge < -0.3 is 15.5 Å². The first-order chi connectivity index (χ1) is 15.8. The van der Waals surface area contributed by atoms with Gasteiger partial charge in [0.25, 0.3) is 5.91 Å². The molecular formula is C24H21Br2N3O4. The van der Waals surface area contributed by atoms with Gasteiger partial charge in [-0.25, -0.2) is 5.43 Å². The van der Waals surface area contributed by atoms with E-state index in [1.165, 1.54) is 6.21 Å². The van der Waals surface area contributed by atoms with Crippen LogP contribution in [0.2, 0.25) is 0 Å². The highest BCUT2D eigenvalue weighted by atomic mass is 79.9. The van der Waals surface area contributed by atoms with Crippen LogP contribution in [0.3, 0.4) is 0 Å². The van der Waals surface area contributed by atoms with Gasteiger partial charge in [-0.1, -0.05) is 60.7 Å². The molecule has 33 heavy (non-hydrogen) atoms. The number of phenols is 2. The van der Waals surface area contributed by atoms with Crippen molar-refractivity contribution in [3.8, 4) is 11.5 Å². The van der Waals surface area contributed by atoms with Crippen molar-refractivity contribution in [2.75, 3.05) is 6.54 Å². The fourth-order valence-electron chi connectivity index (χ4n) is 3.22. The van der Waals surface area contributed by atoms with Gasteiger partial charge in [0.05, 0.1) is 23.1 Å². The number of nitrogens with zero attached hydrogens (tertiary/aromatic N) is 1. The summed E-state index contributed by atoms with van der Waals surface area (Å²) in [6, 6.07) is 18.6. The third-order valence-electron chi connectivity index (χ3n) is 4.95. The number of phenolic OH excluding ortho intramolecular Hbond substituents is 2. The summed E-state index contributed by atoms with van der Waals surface area (Å²) in [5.41, 5.74) is 4.80. The Balaban J connectivity index is 1.66. The smallest absolute Gasteiger partial charge is 0.259 e. The number of carbonyl (C=O) groups is 2. The SMILES string of the molecule is Cc1c(Br)c(O)c(Br)c(O)c1/C=N/NC(=O)CNC(=O)C(c1ccccc1)c1ccccc1. The monoisotopic (exact) mass is 573 g/mol. The highest BCUT2D eigenvalue weighted by molar-refractivity contribution is 9.11. The van der Waals surface area contributed by atoms with Crippen LogP contribution in [-0.2, 0) is 9.59 Å². The van der Waals surface area contributed by atoms with E-state index in [2.05, 4.69) is 47.7 Å². The third-order valence-corrected chi connectivity index (χ3v) is 6.67. The minimum atomic E-state index is -0.560. The van der Waals surface area contributed by atoms with Gasteiger partial charge >= 0.3 is 0 Å². The number of hydrogen-bond donors (Lipinski definition) is 4. The van der Waals surface area contributed by atoms with Crippen LogP contribution >= 0.6 is 31.9 Å². The van der Waals surface area contributed by atoms with Crippen molar-refractivity contribution in [2.24, 2.45) is 5.10 Å². The second-order valence-electron chi connectivity index (χ2n) is 7.13. The van der Waals surface area contributed by atoms with Crippen molar-refractivity contribution in [1.29, 1.82) is 0 Å². The summed E-state index contributed by atoms with van der Waals surface area (Å²) < 4.78 is 0.493. The average molecular weight is 575 g/mol. The predicted octanol–water partition coefficient (Wildman–Crippen LogP) is 4.33. The van der Waals surface area contributed by atoms with Gasteiger partial charge in [0.1, 0.15) is 16.0 Å². The Morgan fingerprint density at radius 1 is 0.939 bits per heavy atom. The number of hydrazone groups is 1. The van der Waals surface area contributed by atoms with Gasteiger partial charge in [0, 0.05) is 5.56 Å². The van der Waals surface area contributed by atoms with E-state index in [0.717, 1.165) is 11.1 Å². The Morgan fingerprint density at radius 2 is 1.48 bits per heavy atom. The van der Waals surface area contributed by atoms with E-state index in [1.54, 1.807) is 6.92 Å². The number of amides is 2. The molecule has 0 bridgehead atoms. The molecule has 0 radical (unpaired) electrons. The number of rotatable bonds is 7. The molecule has 0 atom stereocenters. The van der Waals surface area contributed by atoms with Crippen LogP contribution in [0.4, 0.5) is 0 Å². The first-order valence-corrected chi connectivity index (χ1v) is 11.5. The molecule has 3 aromatic carbocycles. The first kappa shape index (κ1) is 24.5. The molecule has 0 aromatic heterocycles. The van der Waals surface area contributed by atoms with Gasteiger partial charge in [-0.3, -0.25) is 9.59 Å². The Morgan fingerprint density at radius 3 is 2.03 bits per heavy atom. The van der Waals surface area contributed by atoms with E-state index in [9.17, 15) is 19.8 Å². The van der Waals surface area contributed by atoms with Crippen molar-refractivity contribution >= 4 is 49.9 Å². The van der Waals surface area contributed by atoms with Crippen LogP contribution in [0.5, 0.6) is 11.5 Å². The van der Waals surface area contributed by atoms with E-state index < -0.39 is 11.8 Å². The molecule has 0 aliphatic rings. The summed E-state index contributed by atoms with van der Waals surface area (Å²) in [7, 11) is 0. The van der Waals surface area contributed by atoms with Crippen molar-refractivity contribution in [2.45, 2.75) is 12.8 Å². The van der Waals surface area contributed by atoms with Crippen molar-refractivity contribution in [1.82, 2.24) is 10.7 Å². The van der Waals surface area contributed by atoms with Crippen LogP contribution in [0.15, 0.2) is 74.7 Å². The second kappa shape index (κ2) is 11.1. The van der Waals surface area contributed by atoms with Crippen LogP contribution < -0.4 is 10.7 Å². The molecule has 170 valence electrons. The molecule has 7 nitrogen and oxygen atoms in total. The zero-order valence-electron chi connectivity index (χ0n) is 17.5. The van der Waals surface area contributed by atoms with Gasteiger partial charge in [-0.15, -0.1) is 0 Å². The maximum absolute atomic E-state index is 12.9. The third kappa shape index (κ3) is 5.80. The van der Waals surface area contributed by atoms with Gasteiger partial charge in [0.15, 0.2) is 0 Å². The molecule has 0 saturated carbocycles. The van der Waals surface area contributed by atoms with Crippen LogP contribution in [0.25, 0.3) is 0 Å². The van der Waals surface area contributed by atoms with E-state index in [1.807, 2.05) is 60.7 Å². The lowest BCUT2D eigenvalue weighted by Gasteiger charge is -2.17. The largest absolute Gasteiger partial charge is 0.506 e. The molecule has 0 aliphatic carbocycles. The number of aromatic hydroxyl groups is 2. The summed E-state index contributed by atoms with van der Waals surface area (Å²) in [6.07, 6.45) is 1.26. The van der Waals surface area contributed by atoms with Crippen molar-refractivity contribution in [3.63, 3.8) is 0 Å². The molecule has 0 spiro atoms. The standard InChI is InChI=1S/C24H21Br2N3O4/c1-14-17(22(31)21(26)23(32)20(14)25)12-28-29-18(30)13-27-24(33)19(15-8-4-2-5-9-15)16-10-6-3-7-11-16/h2-12,19,31-32H,13H2,1H3,(H,27,33)(H,29,30)/b28-12+. The van der Waals surface area contributed by atoms with E-state index in [4.69, 9.17) is 0 Å². The van der Waals surface area contributed by atoms with E-state index in [-0.39, 0.29) is 28.4 Å². The fraction of sp³-hybridized carbons (Fsp3) is 0.125. The van der Waals surface area contributed by atoms with Crippen LogP contribution in [0.1, 0.15) is 28.2 Å². The van der Waals surface area contributed by atoms with E-state index in [0.29, 0.717) is 15.6 Å². The Kier molecular flexibility index (Phi) is 8.24. The number of halogens is 2. The maximum Gasteiger partial charge on any atom is 0.259 e. The molecule has 0 saturated heterocycles. The molecular weight excluding hydrogens is 554 g/mol. The minimum Gasteiger partial charge on any atom is -0.506 e. The summed E-state index contributed by atoms with van der Waals surface area (Å²) in [6.45, 7) is 1.40. The Labute approximate surface area is 207 Å². The van der Waals surface area contributed by atoms with Crippen LogP contribution in [0, 0.1) is 6.92 Å². The van der Waals surface area contributed by atoms with Crippen molar-refractivity contribution in [3.05, 3.63) is 91.9 Å². The molecule has 0 unspecified atom stereocenters. The van der Waals surface area contributed by atoms with Crippen molar-refractivity contribution < 1.29 is 19.8 Å². The second-order valence-corrected chi connectivity index (χ2v) is 8.72. The number of hydrogen-bond acceptors (Lipinski definition) is 5. The minimum absolute atomic E-state index is 0.105. The van der Waals surface area contributed by atoms with Gasteiger partial charge in [-0.2, -0.15) is 5.10 Å². The number of nitrogens with one attached hydrogen (secondary N) is 2. The lowest BCUT2D eigenvalue weighted by Crippen LogP contribution is -2.37. The normalized spacial score (nSPS) is 11.0. The average Bonchev–Trinajstić information content (AvgIpc) is 2.84. The molecule has 3 aromatic rings. The summed E-state index contributed by atoms with van der Waals surface area (Å²) in [4.78, 5) is 25.2.